The van der Waals surface area contributed by atoms with Crippen molar-refractivity contribution in [2.75, 3.05) is 44.0 Å². The molecule has 2 N–H and O–H groups in total. The first-order chi connectivity index (χ1) is 23.8. The van der Waals surface area contributed by atoms with Crippen molar-refractivity contribution in [3.05, 3.63) is 89.7 Å². The highest BCUT2D eigenvalue weighted by Crippen LogP contribution is 2.39. The molecule has 2 aromatic carbocycles. The second kappa shape index (κ2) is 14.2. The maximum Gasteiger partial charge on any atom is 0.320 e. The maximum atomic E-state index is 13.5. The van der Waals surface area contributed by atoms with Gasteiger partial charge in [0.1, 0.15) is 30.0 Å². The smallest absolute Gasteiger partial charge is 0.320 e. The van der Waals surface area contributed by atoms with Crippen LogP contribution in [-0.2, 0) is 0 Å². The van der Waals surface area contributed by atoms with E-state index in [1.54, 1.807) is 4.68 Å². The van der Waals surface area contributed by atoms with E-state index in [1.807, 2.05) is 86.2 Å². The molecule has 0 spiro atoms. The fourth-order valence-corrected chi connectivity index (χ4v) is 6.85. The third-order valence-electron chi connectivity index (χ3n) is 9.38. The molecule has 1 aliphatic heterocycles. The monoisotopic (exact) mass is 663 g/mol. The molecular formula is C37H45N9O3. The van der Waals surface area contributed by atoms with Crippen molar-refractivity contribution < 1.29 is 14.3 Å². The first-order valence-corrected chi connectivity index (χ1v) is 17.2. The van der Waals surface area contributed by atoms with Crippen LogP contribution >= 0.6 is 0 Å². The van der Waals surface area contributed by atoms with Gasteiger partial charge in [0.25, 0.3) is 0 Å². The molecule has 256 valence electrons. The maximum absolute atomic E-state index is 13.5. The SMILES string of the molecule is Cc1cc(NC(=O)N[C@H]2CC[C@@H](Oc3ccc4nnc(N5CCCCC5C)n4c3)c3ccccc32)n(-c2cccc(OCCN(C)C)c2)n1. The summed E-state index contributed by atoms with van der Waals surface area (Å²) in [7, 11) is 4.03. The second-order valence-corrected chi connectivity index (χ2v) is 13.3. The zero-order valence-corrected chi connectivity index (χ0v) is 28.7. The minimum absolute atomic E-state index is 0.153. The van der Waals surface area contributed by atoms with E-state index in [2.05, 4.69) is 54.8 Å². The molecule has 12 heteroatoms. The molecule has 1 saturated heterocycles. The molecular weight excluding hydrogens is 618 g/mol. The van der Waals surface area contributed by atoms with Crippen LogP contribution in [0.15, 0.2) is 72.9 Å². The molecule has 5 aromatic rings. The Labute approximate surface area is 287 Å². The molecule has 1 fully saturated rings. The van der Waals surface area contributed by atoms with Gasteiger partial charge in [-0.25, -0.2) is 9.48 Å². The normalized spacial score (nSPS) is 19.1. The molecule has 12 nitrogen and oxygen atoms in total. The Kier molecular flexibility index (Phi) is 9.38. The number of amides is 2. The average molecular weight is 664 g/mol. The van der Waals surface area contributed by atoms with Gasteiger partial charge in [0.15, 0.2) is 5.65 Å². The molecule has 3 atom stereocenters. The van der Waals surface area contributed by atoms with Gasteiger partial charge in [-0.3, -0.25) is 9.72 Å². The van der Waals surface area contributed by atoms with Crippen molar-refractivity contribution >= 4 is 23.4 Å². The van der Waals surface area contributed by atoms with Gasteiger partial charge in [-0.05, 0) is 95.4 Å². The molecule has 49 heavy (non-hydrogen) atoms. The summed E-state index contributed by atoms with van der Waals surface area (Å²) in [6.07, 6.45) is 6.88. The highest BCUT2D eigenvalue weighted by atomic mass is 16.5. The van der Waals surface area contributed by atoms with Crippen LogP contribution < -0.4 is 25.0 Å². The van der Waals surface area contributed by atoms with E-state index < -0.39 is 0 Å². The van der Waals surface area contributed by atoms with Gasteiger partial charge in [-0.1, -0.05) is 30.3 Å². The van der Waals surface area contributed by atoms with Gasteiger partial charge in [-0.2, -0.15) is 5.10 Å². The summed E-state index contributed by atoms with van der Waals surface area (Å²) in [5.41, 5.74) is 4.52. The number of hydrogen-bond donors (Lipinski definition) is 2. The van der Waals surface area contributed by atoms with Crippen molar-refractivity contribution in [1.82, 2.24) is 34.6 Å². The van der Waals surface area contributed by atoms with E-state index in [0.717, 1.165) is 84.4 Å². The van der Waals surface area contributed by atoms with Crippen molar-refractivity contribution in [2.24, 2.45) is 0 Å². The molecule has 2 amide bonds. The molecule has 0 saturated carbocycles. The van der Waals surface area contributed by atoms with Gasteiger partial charge < -0.3 is 24.6 Å². The molecule has 0 bridgehead atoms. The Balaban J connectivity index is 1.04. The second-order valence-electron chi connectivity index (χ2n) is 13.3. The molecule has 0 radical (unpaired) electrons. The van der Waals surface area contributed by atoms with Crippen LogP contribution in [0.25, 0.3) is 11.3 Å². The van der Waals surface area contributed by atoms with E-state index >= 15 is 0 Å². The van der Waals surface area contributed by atoms with Crippen LogP contribution in [-0.4, -0.2) is 75.1 Å². The van der Waals surface area contributed by atoms with E-state index in [9.17, 15) is 4.79 Å². The number of carbonyl (C=O) groups excluding carboxylic acids is 1. The van der Waals surface area contributed by atoms with Gasteiger partial charge in [0.05, 0.1) is 23.6 Å². The molecule has 7 rings (SSSR count). The lowest BCUT2D eigenvalue weighted by molar-refractivity contribution is 0.171. The van der Waals surface area contributed by atoms with Crippen LogP contribution in [0.3, 0.4) is 0 Å². The van der Waals surface area contributed by atoms with Gasteiger partial charge in [0.2, 0.25) is 5.95 Å². The fraction of sp³-hybridized carbons (Fsp3) is 0.405. The topological polar surface area (TPSA) is 114 Å². The Morgan fingerprint density at radius 2 is 1.82 bits per heavy atom. The first-order valence-electron chi connectivity index (χ1n) is 17.2. The fourth-order valence-electron chi connectivity index (χ4n) is 6.85. The zero-order chi connectivity index (χ0) is 33.9. The minimum Gasteiger partial charge on any atom is -0.492 e. The van der Waals surface area contributed by atoms with Crippen molar-refractivity contribution in [3.8, 4) is 17.2 Å². The number of rotatable bonds is 10. The lowest BCUT2D eigenvalue weighted by Gasteiger charge is -2.33. The summed E-state index contributed by atoms with van der Waals surface area (Å²) in [5, 5.41) is 19.8. The number of ether oxygens (including phenoxy) is 2. The number of nitrogens with one attached hydrogen (secondary N) is 2. The van der Waals surface area contributed by atoms with Crippen LogP contribution in [0.5, 0.6) is 11.5 Å². The number of pyridine rings is 1. The summed E-state index contributed by atoms with van der Waals surface area (Å²) in [4.78, 5) is 17.9. The first kappa shape index (κ1) is 32.4. The summed E-state index contributed by atoms with van der Waals surface area (Å²) in [6, 6.07) is 21.7. The lowest BCUT2D eigenvalue weighted by atomic mass is 9.85. The van der Waals surface area contributed by atoms with Crippen molar-refractivity contribution in [3.63, 3.8) is 0 Å². The Bertz CT molecular complexity index is 1920. The predicted molar refractivity (Wildman–Crippen MR) is 190 cm³/mol. The molecule has 4 heterocycles. The highest BCUT2D eigenvalue weighted by Gasteiger charge is 2.30. The number of fused-ring (bicyclic) bond motifs is 2. The van der Waals surface area contributed by atoms with Crippen molar-refractivity contribution in [2.45, 2.75) is 64.1 Å². The number of urea groups is 1. The molecule has 1 unspecified atom stereocenters. The number of hydrogen-bond acceptors (Lipinski definition) is 8. The minimum atomic E-state index is -0.295. The molecule has 2 aliphatic rings. The summed E-state index contributed by atoms with van der Waals surface area (Å²) >= 11 is 0. The van der Waals surface area contributed by atoms with Crippen LogP contribution in [0.2, 0.25) is 0 Å². The molecule has 1 aliphatic carbocycles. The van der Waals surface area contributed by atoms with E-state index in [0.29, 0.717) is 18.5 Å². The van der Waals surface area contributed by atoms with Crippen LogP contribution in [0.1, 0.15) is 68.0 Å². The van der Waals surface area contributed by atoms with Gasteiger partial charge in [0, 0.05) is 31.3 Å². The average Bonchev–Trinajstić information content (AvgIpc) is 3.68. The molecule has 3 aromatic heterocycles. The number of nitrogens with zero attached hydrogens (tertiary/aromatic N) is 7. The standard InChI is InChI=1S/C37H45N9O3/c1-25-22-35(46(42-25)27-11-9-12-28(23-27)48-21-20-43(3)4)39-36(47)38-32-16-17-33(31-14-6-5-13-30(31)32)49-29-15-18-34-40-41-37(45(34)24-29)44-19-8-7-10-26(44)2/h5-6,9,11-15,18,22-24,26,32-33H,7-8,10,16-17,19-21H2,1-4H3,(H2,38,39,47)/t26?,32-,33+/m0/s1. The van der Waals surface area contributed by atoms with Crippen LogP contribution in [0, 0.1) is 6.92 Å². The zero-order valence-electron chi connectivity index (χ0n) is 28.7. The van der Waals surface area contributed by atoms with E-state index in [4.69, 9.17) is 9.47 Å². The number of aryl methyl sites for hydroxylation is 1. The number of likely N-dealkylation sites (N-methyl/N-ethyl adjacent to an activating group) is 1. The quantitative estimate of drug-likeness (QED) is 0.179. The predicted octanol–water partition coefficient (Wildman–Crippen LogP) is 6.32. The van der Waals surface area contributed by atoms with E-state index in [-0.39, 0.29) is 18.2 Å². The highest BCUT2D eigenvalue weighted by molar-refractivity contribution is 5.89. The summed E-state index contributed by atoms with van der Waals surface area (Å²) in [5.74, 6) is 2.95. The number of anilines is 2. The summed E-state index contributed by atoms with van der Waals surface area (Å²) < 4.78 is 16.4. The number of piperidine rings is 1. The number of benzene rings is 2. The third-order valence-corrected chi connectivity index (χ3v) is 9.38. The summed E-state index contributed by atoms with van der Waals surface area (Å²) in [6.45, 7) is 6.53. The Morgan fingerprint density at radius 1 is 0.959 bits per heavy atom. The Morgan fingerprint density at radius 3 is 2.65 bits per heavy atom. The Hall–Kier alpha value is -5.10. The lowest BCUT2D eigenvalue weighted by Crippen LogP contribution is -2.38. The van der Waals surface area contributed by atoms with Gasteiger partial charge in [-0.15, -0.1) is 10.2 Å². The van der Waals surface area contributed by atoms with Crippen molar-refractivity contribution in [1.29, 1.82) is 0 Å². The van der Waals surface area contributed by atoms with Crippen LogP contribution in [0.4, 0.5) is 16.6 Å². The number of aromatic nitrogens is 5. The van der Waals surface area contributed by atoms with E-state index in [1.165, 1.54) is 6.42 Å². The largest absolute Gasteiger partial charge is 0.492 e. The number of carbonyl (C=O) groups is 1. The van der Waals surface area contributed by atoms with Gasteiger partial charge >= 0.3 is 6.03 Å². The third kappa shape index (κ3) is 7.19.